The Morgan fingerprint density at radius 3 is 2.25 bits per heavy atom. The SMILES string of the molecule is Cl.Cl.FC1CCN(C2CNC2)C1. The monoisotopic (exact) mass is 216 g/mol. The minimum atomic E-state index is -0.555. The van der Waals surface area contributed by atoms with Gasteiger partial charge in [-0.1, -0.05) is 0 Å². The van der Waals surface area contributed by atoms with Crippen LogP contribution in [0.15, 0.2) is 0 Å². The Morgan fingerprint density at radius 2 is 1.92 bits per heavy atom. The van der Waals surface area contributed by atoms with E-state index in [4.69, 9.17) is 0 Å². The summed E-state index contributed by atoms with van der Waals surface area (Å²) in [5.74, 6) is 0. The zero-order valence-corrected chi connectivity index (χ0v) is 8.46. The highest BCUT2D eigenvalue weighted by Gasteiger charge is 2.30. The molecule has 0 aliphatic carbocycles. The van der Waals surface area contributed by atoms with Gasteiger partial charge in [-0.3, -0.25) is 4.90 Å². The molecule has 5 heteroatoms. The van der Waals surface area contributed by atoms with Crippen LogP contribution in [0.2, 0.25) is 0 Å². The molecular formula is C7H15Cl2FN2. The summed E-state index contributed by atoms with van der Waals surface area (Å²) < 4.78 is 12.6. The van der Waals surface area contributed by atoms with Gasteiger partial charge in [0.15, 0.2) is 0 Å². The molecule has 1 unspecified atom stereocenters. The molecule has 0 amide bonds. The van der Waals surface area contributed by atoms with Crippen molar-refractivity contribution in [3.63, 3.8) is 0 Å². The summed E-state index contributed by atoms with van der Waals surface area (Å²) in [6.07, 6.45) is 0.192. The zero-order valence-electron chi connectivity index (χ0n) is 6.83. The summed E-state index contributed by atoms with van der Waals surface area (Å²) in [6, 6.07) is 0.640. The van der Waals surface area contributed by atoms with Crippen molar-refractivity contribution >= 4 is 24.8 Å². The lowest BCUT2D eigenvalue weighted by Gasteiger charge is -2.35. The Labute approximate surface area is 84.7 Å². The molecule has 74 valence electrons. The molecule has 0 saturated carbocycles. The molecular weight excluding hydrogens is 202 g/mol. The lowest BCUT2D eigenvalue weighted by atomic mass is 10.1. The Hall–Kier alpha value is 0.430. The van der Waals surface area contributed by atoms with Crippen LogP contribution in [0.1, 0.15) is 6.42 Å². The third kappa shape index (κ3) is 2.46. The second-order valence-electron chi connectivity index (χ2n) is 3.19. The average molecular weight is 217 g/mol. The van der Waals surface area contributed by atoms with E-state index >= 15 is 0 Å². The average Bonchev–Trinajstić information content (AvgIpc) is 2.10. The van der Waals surface area contributed by atoms with Crippen LogP contribution in [-0.2, 0) is 0 Å². The Balaban J connectivity index is 0.000000605. The van der Waals surface area contributed by atoms with Crippen LogP contribution in [0.25, 0.3) is 0 Å². The van der Waals surface area contributed by atoms with Crippen molar-refractivity contribution in [1.82, 2.24) is 10.2 Å². The summed E-state index contributed by atoms with van der Waals surface area (Å²) in [5, 5.41) is 3.19. The maximum Gasteiger partial charge on any atom is 0.114 e. The summed E-state index contributed by atoms with van der Waals surface area (Å²) in [7, 11) is 0. The normalized spacial score (nSPS) is 30.2. The van der Waals surface area contributed by atoms with Crippen LogP contribution < -0.4 is 5.32 Å². The van der Waals surface area contributed by atoms with E-state index in [1.165, 1.54) is 0 Å². The summed E-state index contributed by atoms with van der Waals surface area (Å²) >= 11 is 0. The third-order valence-electron chi connectivity index (χ3n) is 2.44. The van der Waals surface area contributed by atoms with Crippen molar-refractivity contribution in [3.05, 3.63) is 0 Å². The molecule has 1 atom stereocenters. The van der Waals surface area contributed by atoms with E-state index in [2.05, 4.69) is 10.2 Å². The standard InChI is InChI=1S/C7H13FN2.2ClH/c8-6-1-2-10(5-6)7-3-9-4-7;;/h6-7,9H,1-5H2;2*1H. The van der Waals surface area contributed by atoms with Gasteiger partial charge >= 0.3 is 0 Å². The van der Waals surface area contributed by atoms with Gasteiger partial charge in [0.05, 0.1) is 0 Å². The first-order chi connectivity index (χ1) is 4.86. The highest BCUT2D eigenvalue weighted by atomic mass is 35.5. The predicted molar refractivity (Wildman–Crippen MR) is 52.2 cm³/mol. The Kier molecular flexibility index (Phi) is 5.41. The number of hydrogen-bond acceptors (Lipinski definition) is 2. The number of likely N-dealkylation sites (tertiary alicyclic amines) is 1. The minimum absolute atomic E-state index is 0. The largest absolute Gasteiger partial charge is 0.314 e. The highest BCUT2D eigenvalue weighted by molar-refractivity contribution is 5.85. The fourth-order valence-corrected chi connectivity index (χ4v) is 1.61. The molecule has 0 radical (unpaired) electrons. The summed E-state index contributed by atoms with van der Waals surface area (Å²) in [4.78, 5) is 2.25. The molecule has 2 saturated heterocycles. The lowest BCUT2D eigenvalue weighted by Crippen LogP contribution is -2.56. The number of alkyl halides is 1. The van der Waals surface area contributed by atoms with Gasteiger partial charge in [0.1, 0.15) is 6.17 Å². The van der Waals surface area contributed by atoms with E-state index in [-0.39, 0.29) is 24.8 Å². The fourth-order valence-electron chi connectivity index (χ4n) is 1.61. The molecule has 0 aromatic rings. The molecule has 0 aromatic carbocycles. The second-order valence-corrected chi connectivity index (χ2v) is 3.19. The van der Waals surface area contributed by atoms with Crippen molar-refractivity contribution in [2.45, 2.75) is 18.6 Å². The molecule has 1 N–H and O–H groups in total. The molecule has 2 heterocycles. The maximum absolute atomic E-state index is 12.6. The number of nitrogens with one attached hydrogen (secondary N) is 1. The molecule has 12 heavy (non-hydrogen) atoms. The zero-order chi connectivity index (χ0) is 6.97. The number of hydrogen-bond donors (Lipinski definition) is 1. The van der Waals surface area contributed by atoms with Gasteiger partial charge < -0.3 is 5.32 Å². The van der Waals surface area contributed by atoms with Crippen LogP contribution in [0.5, 0.6) is 0 Å². The van der Waals surface area contributed by atoms with Crippen molar-refractivity contribution < 1.29 is 4.39 Å². The smallest absolute Gasteiger partial charge is 0.114 e. The van der Waals surface area contributed by atoms with E-state index in [0.29, 0.717) is 12.6 Å². The first-order valence-corrected chi connectivity index (χ1v) is 3.95. The third-order valence-corrected chi connectivity index (χ3v) is 2.44. The number of nitrogens with zero attached hydrogens (tertiary/aromatic N) is 1. The van der Waals surface area contributed by atoms with Gasteiger partial charge in [0, 0.05) is 32.2 Å². The molecule has 2 nitrogen and oxygen atoms in total. The van der Waals surface area contributed by atoms with Gasteiger partial charge in [0.2, 0.25) is 0 Å². The second kappa shape index (κ2) is 5.22. The van der Waals surface area contributed by atoms with Gasteiger partial charge in [-0.25, -0.2) is 4.39 Å². The topological polar surface area (TPSA) is 15.3 Å². The van der Waals surface area contributed by atoms with E-state index < -0.39 is 6.17 Å². The van der Waals surface area contributed by atoms with E-state index in [1.54, 1.807) is 0 Å². The van der Waals surface area contributed by atoms with Crippen molar-refractivity contribution in [1.29, 1.82) is 0 Å². The predicted octanol–water partition coefficient (Wildman–Crippen LogP) is 0.846. The summed E-state index contributed by atoms with van der Waals surface area (Å²) in [5.41, 5.74) is 0. The van der Waals surface area contributed by atoms with Crippen molar-refractivity contribution in [2.24, 2.45) is 0 Å². The Bertz CT molecular complexity index is 133. The molecule has 0 aromatic heterocycles. The molecule has 2 rings (SSSR count). The molecule has 0 bridgehead atoms. The van der Waals surface area contributed by atoms with Gasteiger partial charge in [-0.05, 0) is 6.42 Å². The first-order valence-electron chi connectivity index (χ1n) is 3.95. The van der Waals surface area contributed by atoms with Crippen LogP contribution in [0.3, 0.4) is 0 Å². The number of rotatable bonds is 1. The van der Waals surface area contributed by atoms with E-state index in [9.17, 15) is 4.39 Å². The maximum atomic E-state index is 12.6. The lowest BCUT2D eigenvalue weighted by molar-refractivity contribution is 0.167. The van der Waals surface area contributed by atoms with Crippen LogP contribution >= 0.6 is 24.8 Å². The summed E-state index contributed by atoms with van der Waals surface area (Å²) in [6.45, 7) is 3.76. The Morgan fingerprint density at radius 1 is 1.25 bits per heavy atom. The van der Waals surface area contributed by atoms with Gasteiger partial charge in [0.25, 0.3) is 0 Å². The number of halogens is 3. The molecule has 2 aliphatic rings. The minimum Gasteiger partial charge on any atom is -0.314 e. The molecule has 2 aliphatic heterocycles. The van der Waals surface area contributed by atoms with Gasteiger partial charge in [-0.15, -0.1) is 24.8 Å². The fraction of sp³-hybridized carbons (Fsp3) is 1.00. The highest BCUT2D eigenvalue weighted by Crippen LogP contribution is 2.16. The van der Waals surface area contributed by atoms with Crippen molar-refractivity contribution in [2.75, 3.05) is 26.2 Å². The quantitative estimate of drug-likeness (QED) is 0.700. The van der Waals surface area contributed by atoms with Crippen molar-refractivity contribution in [3.8, 4) is 0 Å². The van der Waals surface area contributed by atoms with E-state index in [0.717, 1.165) is 26.1 Å². The van der Waals surface area contributed by atoms with E-state index in [1.807, 2.05) is 0 Å². The van der Waals surface area contributed by atoms with Crippen LogP contribution in [-0.4, -0.2) is 43.3 Å². The first kappa shape index (κ1) is 12.4. The molecule has 2 fully saturated rings. The van der Waals surface area contributed by atoms with Crippen LogP contribution in [0.4, 0.5) is 4.39 Å². The van der Waals surface area contributed by atoms with Gasteiger partial charge in [-0.2, -0.15) is 0 Å². The molecule has 0 spiro atoms. The van der Waals surface area contributed by atoms with Crippen LogP contribution in [0, 0.1) is 0 Å².